The summed E-state index contributed by atoms with van der Waals surface area (Å²) in [4.78, 5) is 18.6. The third-order valence-corrected chi connectivity index (χ3v) is 4.50. The van der Waals surface area contributed by atoms with Gasteiger partial charge in [0.15, 0.2) is 0 Å². The van der Waals surface area contributed by atoms with Crippen LogP contribution in [-0.2, 0) is 6.42 Å². The maximum Gasteiger partial charge on any atom is 0.255 e. The molecule has 3 rings (SSSR count). The van der Waals surface area contributed by atoms with Gasteiger partial charge in [0.2, 0.25) is 0 Å². The fourth-order valence-corrected chi connectivity index (χ4v) is 3.09. The normalized spacial score (nSPS) is 15.5. The smallest absolute Gasteiger partial charge is 0.255 e. The van der Waals surface area contributed by atoms with Gasteiger partial charge < -0.3 is 10.0 Å². The molecule has 126 valence electrons. The van der Waals surface area contributed by atoms with E-state index < -0.39 is 0 Å². The van der Waals surface area contributed by atoms with E-state index in [-0.39, 0.29) is 18.3 Å². The molecular formula is C19H21FN2O2. The number of likely N-dealkylation sites (tertiary alicyclic amines) is 1. The minimum Gasteiger partial charge on any atom is -0.396 e. The van der Waals surface area contributed by atoms with Gasteiger partial charge in [0, 0.05) is 32.1 Å². The van der Waals surface area contributed by atoms with Crippen LogP contribution in [0.4, 0.5) is 4.39 Å². The molecule has 1 amide bonds. The highest BCUT2D eigenvalue weighted by Crippen LogP contribution is 2.19. The molecule has 2 heterocycles. The fourth-order valence-electron chi connectivity index (χ4n) is 3.09. The fraction of sp³-hybridized carbons (Fsp3) is 0.368. The molecule has 1 aliphatic heterocycles. The lowest BCUT2D eigenvalue weighted by molar-refractivity contribution is 0.0650. The summed E-state index contributed by atoms with van der Waals surface area (Å²) in [6.07, 6.45) is 5.49. The van der Waals surface area contributed by atoms with Crippen LogP contribution in [0, 0.1) is 11.7 Å². The van der Waals surface area contributed by atoms with E-state index in [2.05, 4.69) is 4.98 Å². The summed E-state index contributed by atoms with van der Waals surface area (Å²) in [5.74, 6) is 0.00547. The van der Waals surface area contributed by atoms with Crippen LogP contribution < -0.4 is 0 Å². The molecule has 0 aliphatic carbocycles. The highest BCUT2D eigenvalue weighted by molar-refractivity contribution is 5.94. The van der Waals surface area contributed by atoms with Gasteiger partial charge in [-0.25, -0.2) is 4.39 Å². The van der Waals surface area contributed by atoms with Gasteiger partial charge in [0.25, 0.3) is 5.91 Å². The number of halogens is 1. The summed E-state index contributed by atoms with van der Waals surface area (Å²) in [7, 11) is 0. The van der Waals surface area contributed by atoms with Gasteiger partial charge in [-0.1, -0.05) is 12.1 Å². The Morgan fingerprint density at radius 1 is 1.21 bits per heavy atom. The molecule has 1 aliphatic rings. The minimum atomic E-state index is -0.264. The van der Waals surface area contributed by atoms with Crippen LogP contribution in [0.15, 0.2) is 42.7 Å². The van der Waals surface area contributed by atoms with Gasteiger partial charge in [-0.3, -0.25) is 9.78 Å². The number of carbonyl (C=O) groups excluding carboxylic acids is 1. The van der Waals surface area contributed by atoms with Crippen LogP contribution in [0.5, 0.6) is 0 Å². The van der Waals surface area contributed by atoms with Gasteiger partial charge in [0.1, 0.15) is 5.82 Å². The maximum atomic E-state index is 13.3. The second-order valence-electron chi connectivity index (χ2n) is 6.31. The number of hydrogen-bond acceptors (Lipinski definition) is 3. The van der Waals surface area contributed by atoms with Crippen LogP contribution in [0.1, 0.15) is 34.3 Å². The van der Waals surface area contributed by atoms with Crippen LogP contribution >= 0.6 is 0 Å². The molecule has 1 N–H and O–H groups in total. The van der Waals surface area contributed by atoms with Crippen molar-refractivity contribution in [3.05, 3.63) is 65.2 Å². The molecule has 1 saturated heterocycles. The molecule has 0 bridgehead atoms. The van der Waals surface area contributed by atoms with Crippen LogP contribution in [0.3, 0.4) is 0 Å². The molecule has 0 unspecified atom stereocenters. The van der Waals surface area contributed by atoms with Crippen molar-refractivity contribution in [1.29, 1.82) is 0 Å². The summed E-state index contributed by atoms with van der Waals surface area (Å²) in [6, 6.07) is 8.28. The molecule has 24 heavy (non-hydrogen) atoms. The summed E-state index contributed by atoms with van der Waals surface area (Å²) in [5.41, 5.74) is 2.30. The molecule has 5 heteroatoms. The third kappa shape index (κ3) is 3.97. The van der Waals surface area contributed by atoms with E-state index in [0.29, 0.717) is 31.0 Å². The Kier molecular flexibility index (Phi) is 5.20. The van der Waals surface area contributed by atoms with E-state index >= 15 is 0 Å². The average molecular weight is 328 g/mol. The van der Waals surface area contributed by atoms with Gasteiger partial charge >= 0.3 is 0 Å². The predicted molar refractivity (Wildman–Crippen MR) is 89.2 cm³/mol. The molecule has 0 atom stereocenters. The second-order valence-corrected chi connectivity index (χ2v) is 6.31. The SMILES string of the molecule is O=C(c1cncc(Cc2cccc(F)c2)c1)N1CCC(CO)CC1. The molecule has 0 radical (unpaired) electrons. The molecule has 1 aromatic carbocycles. The van der Waals surface area contributed by atoms with Crippen LogP contribution in [0.25, 0.3) is 0 Å². The van der Waals surface area contributed by atoms with Gasteiger partial charge in [-0.2, -0.15) is 0 Å². The Hall–Kier alpha value is -2.27. The first-order chi connectivity index (χ1) is 11.7. The van der Waals surface area contributed by atoms with Crippen molar-refractivity contribution in [1.82, 2.24) is 9.88 Å². The van der Waals surface area contributed by atoms with Crippen LogP contribution in [-0.4, -0.2) is 40.6 Å². The topological polar surface area (TPSA) is 53.4 Å². The average Bonchev–Trinajstić information content (AvgIpc) is 2.61. The van der Waals surface area contributed by atoms with Crippen LogP contribution in [0.2, 0.25) is 0 Å². The van der Waals surface area contributed by atoms with Crippen molar-refractivity contribution in [2.24, 2.45) is 5.92 Å². The number of aromatic nitrogens is 1. The highest BCUT2D eigenvalue weighted by atomic mass is 19.1. The lowest BCUT2D eigenvalue weighted by Gasteiger charge is -2.31. The zero-order chi connectivity index (χ0) is 16.9. The Labute approximate surface area is 141 Å². The Bertz CT molecular complexity index is 712. The first-order valence-electron chi connectivity index (χ1n) is 8.24. The van der Waals surface area contributed by atoms with Crippen molar-refractivity contribution in [2.45, 2.75) is 19.3 Å². The molecule has 1 aromatic heterocycles. The number of amides is 1. The van der Waals surface area contributed by atoms with Crippen molar-refractivity contribution in [2.75, 3.05) is 19.7 Å². The zero-order valence-corrected chi connectivity index (χ0v) is 13.5. The van der Waals surface area contributed by atoms with Gasteiger partial charge in [0.05, 0.1) is 5.56 Å². The minimum absolute atomic E-state index is 0.0278. The number of carbonyl (C=O) groups is 1. The Balaban J connectivity index is 1.69. The lowest BCUT2D eigenvalue weighted by atomic mass is 9.97. The van der Waals surface area contributed by atoms with Gasteiger partial charge in [-0.05, 0) is 54.5 Å². The first-order valence-corrected chi connectivity index (χ1v) is 8.24. The number of nitrogens with zero attached hydrogens (tertiary/aromatic N) is 2. The molecule has 4 nitrogen and oxygen atoms in total. The summed E-state index contributed by atoms with van der Waals surface area (Å²) >= 11 is 0. The molecule has 2 aromatic rings. The molecular weight excluding hydrogens is 307 g/mol. The number of rotatable bonds is 4. The number of benzene rings is 1. The number of pyridine rings is 1. The largest absolute Gasteiger partial charge is 0.396 e. The van der Waals surface area contributed by atoms with Crippen molar-refractivity contribution in [3.8, 4) is 0 Å². The first kappa shape index (κ1) is 16.6. The zero-order valence-electron chi connectivity index (χ0n) is 13.5. The Morgan fingerprint density at radius 3 is 2.71 bits per heavy atom. The molecule has 1 fully saturated rings. The van der Waals surface area contributed by atoms with E-state index in [4.69, 9.17) is 0 Å². The van der Waals surface area contributed by atoms with Crippen molar-refractivity contribution < 1.29 is 14.3 Å². The number of piperidine rings is 1. The number of aliphatic hydroxyl groups excluding tert-OH is 1. The van der Waals surface area contributed by atoms with E-state index in [1.807, 2.05) is 17.0 Å². The molecule has 0 spiro atoms. The number of aliphatic hydroxyl groups is 1. The van der Waals surface area contributed by atoms with E-state index in [0.717, 1.165) is 24.0 Å². The quantitative estimate of drug-likeness (QED) is 0.939. The maximum absolute atomic E-state index is 13.3. The monoisotopic (exact) mass is 328 g/mol. The third-order valence-electron chi connectivity index (χ3n) is 4.50. The predicted octanol–water partition coefficient (Wildman–Crippen LogP) is 2.66. The lowest BCUT2D eigenvalue weighted by Crippen LogP contribution is -2.39. The molecule has 0 saturated carbocycles. The highest BCUT2D eigenvalue weighted by Gasteiger charge is 2.23. The van der Waals surface area contributed by atoms with Crippen molar-refractivity contribution in [3.63, 3.8) is 0 Å². The van der Waals surface area contributed by atoms with E-state index in [1.54, 1.807) is 18.5 Å². The Morgan fingerprint density at radius 2 is 2.00 bits per heavy atom. The van der Waals surface area contributed by atoms with Gasteiger partial charge in [-0.15, -0.1) is 0 Å². The standard InChI is InChI=1S/C19H21FN2O2/c20-18-3-1-2-15(10-18)8-16-9-17(12-21-11-16)19(24)22-6-4-14(13-23)5-7-22/h1-3,9-12,14,23H,4-8,13H2. The van der Waals surface area contributed by atoms with E-state index in [9.17, 15) is 14.3 Å². The summed E-state index contributed by atoms with van der Waals surface area (Å²) in [6.45, 7) is 1.52. The number of hydrogen-bond donors (Lipinski definition) is 1. The second kappa shape index (κ2) is 7.53. The van der Waals surface area contributed by atoms with Crippen molar-refractivity contribution >= 4 is 5.91 Å². The summed E-state index contributed by atoms with van der Waals surface area (Å²) < 4.78 is 13.3. The van der Waals surface area contributed by atoms with E-state index in [1.165, 1.54) is 12.1 Å². The summed E-state index contributed by atoms with van der Waals surface area (Å²) in [5, 5.41) is 9.19.